The van der Waals surface area contributed by atoms with Gasteiger partial charge in [0, 0.05) is 12.0 Å². The van der Waals surface area contributed by atoms with E-state index in [9.17, 15) is 31.1 Å². The summed E-state index contributed by atoms with van der Waals surface area (Å²) in [6.45, 7) is -0.352. The molecular formula is C28H26F6N4O2. The van der Waals surface area contributed by atoms with Crippen molar-refractivity contribution in [3.63, 3.8) is 0 Å². The van der Waals surface area contributed by atoms with Crippen molar-refractivity contribution in [2.24, 2.45) is 0 Å². The minimum atomic E-state index is -4.95. The van der Waals surface area contributed by atoms with Crippen molar-refractivity contribution >= 4 is 0 Å². The SMILES string of the molecule is CN(Cc1n[nH]c(=O)[nH]1)C(COCc1cc(C(F)(F)F)cc(C(F)(F)F)c1)C(c1ccccc1)c1ccccc1. The van der Waals surface area contributed by atoms with Crippen molar-refractivity contribution in [3.8, 4) is 0 Å². The molecule has 12 heteroatoms. The number of rotatable bonds is 10. The maximum atomic E-state index is 13.3. The van der Waals surface area contributed by atoms with Gasteiger partial charge in [-0.3, -0.25) is 9.88 Å². The summed E-state index contributed by atoms with van der Waals surface area (Å²) in [5.41, 5.74) is -1.70. The van der Waals surface area contributed by atoms with Crippen LogP contribution < -0.4 is 5.69 Å². The first kappa shape index (κ1) is 29.1. The first-order valence-corrected chi connectivity index (χ1v) is 12.2. The molecule has 2 N–H and O–H groups in total. The highest BCUT2D eigenvalue weighted by Crippen LogP contribution is 2.37. The zero-order valence-corrected chi connectivity index (χ0v) is 21.3. The molecule has 0 aliphatic heterocycles. The zero-order valence-electron chi connectivity index (χ0n) is 21.3. The molecule has 0 amide bonds. The number of aromatic nitrogens is 3. The van der Waals surface area contributed by atoms with Crippen LogP contribution in [0.25, 0.3) is 0 Å². The molecule has 0 aliphatic carbocycles. The molecule has 0 spiro atoms. The molecule has 0 saturated carbocycles. The molecule has 40 heavy (non-hydrogen) atoms. The van der Waals surface area contributed by atoms with E-state index < -0.39 is 41.8 Å². The molecule has 1 heterocycles. The van der Waals surface area contributed by atoms with Crippen LogP contribution in [0.3, 0.4) is 0 Å². The van der Waals surface area contributed by atoms with Crippen LogP contribution in [0.5, 0.6) is 0 Å². The molecule has 4 aromatic rings. The van der Waals surface area contributed by atoms with Gasteiger partial charge in [-0.25, -0.2) is 9.89 Å². The maximum absolute atomic E-state index is 13.3. The Hall–Kier alpha value is -3.90. The fraction of sp³-hybridized carbons (Fsp3) is 0.286. The van der Waals surface area contributed by atoms with E-state index in [1.807, 2.05) is 65.6 Å². The first-order valence-electron chi connectivity index (χ1n) is 12.2. The average Bonchev–Trinajstić information content (AvgIpc) is 3.32. The lowest BCUT2D eigenvalue weighted by molar-refractivity contribution is -0.143. The van der Waals surface area contributed by atoms with Gasteiger partial charge in [-0.05, 0) is 41.9 Å². The predicted molar refractivity (Wildman–Crippen MR) is 135 cm³/mol. The number of H-pyrrole nitrogens is 2. The van der Waals surface area contributed by atoms with Gasteiger partial charge in [-0.15, -0.1) is 0 Å². The molecule has 0 radical (unpaired) electrons. The molecule has 6 nitrogen and oxygen atoms in total. The second-order valence-electron chi connectivity index (χ2n) is 9.34. The molecule has 0 fully saturated rings. The molecule has 1 aromatic heterocycles. The fourth-order valence-electron chi connectivity index (χ4n) is 4.57. The summed E-state index contributed by atoms with van der Waals surface area (Å²) in [5.74, 6) is 0.0513. The Morgan fingerprint density at radius 1 is 0.850 bits per heavy atom. The zero-order chi connectivity index (χ0) is 28.9. The monoisotopic (exact) mass is 564 g/mol. The number of likely N-dealkylation sites (N-methyl/N-ethyl adjacent to an activating group) is 1. The van der Waals surface area contributed by atoms with Crippen molar-refractivity contribution < 1.29 is 31.1 Å². The van der Waals surface area contributed by atoms with Crippen molar-refractivity contribution in [1.29, 1.82) is 0 Å². The highest BCUT2D eigenvalue weighted by molar-refractivity contribution is 5.35. The smallest absolute Gasteiger partial charge is 0.375 e. The molecule has 4 rings (SSSR count). The third-order valence-corrected chi connectivity index (χ3v) is 6.42. The minimum absolute atomic E-state index is 0.0583. The number of hydrogen-bond donors (Lipinski definition) is 2. The van der Waals surface area contributed by atoms with Gasteiger partial charge in [0.1, 0.15) is 5.82 Å². The van der Waals surface area contributed by atoms with Gasteiger partial charge in [-0.1, -0.05) is 60.7 Å². The largest absolute Gasteiger partial charge is 0.416 e. The third kappa shape index (κ3) is 7.39. The number of alkyl halides is 6. The standard InChI is InChI=1S/C28H26F6N4O2/c1-38(15-24-35-26(39)37-36-24)23(25(19-8-4-2-5-9-19)20-10-6-3-7-11-20)17-40-16-18-12-21(27(29,30)31)14-22(13-18)28(32,33)34/h2-14,23,25H,15-17H2,1H3,(H2,35,36,37,39). The van der Waals surface area contributed by atoms with E-state index in [0.29, 0.717) is 18.0 Å². The number of halogens is 6. The number of benzene rings is 3. The molecule has 212 valence electrons. The topological polar surface area (TPSA) is 74.0 Å². The lowest BCUT2D eigenvalue weighted by Gasteiger charge is -2.35. The lowest BCUT2D eigenvalue weighted by atomic mass is 9.84. The Morgan fingerprint density at radius 2 is 1.38 bits per heavy atom. The normalized spacial score (nSPS) is 13.2. The van der Waals surface area contributed by atoms with Crippen LogP contribution in [-0.2, 0) is 30.2 Å². The number of nitrogens with zero attached hydrogens (tertiary/aromatic N) is 2. The third-order valence-electron chi connectivity index (χ3n) is 6.42. The Bertz CT molecular complexity index is 1360. The Balaban J connectivity index is 1.66. The molecule has 1 atom stereocenters. The lowest BCUT2D eigenvalue weighted by Crippen LogP contribution is -2.41. The fourth-order valence-corrected chi connectivity index (χ4v) is 4.57. The van der Waals surface area contributed by atoms with Gasteiger partial charge in [0.2, 0.25) is 0 Å². The quantitative estimate of drug-likeness (QED) is 0.232. The molecule has 0 aliphatic rings. The molecule has 0 saturated heterocycles. The Morgan fingerprint density at radius 3 is 1.82 bits per heavy atom. The van der Waals surface area contributed by atoms with Crippen LogP contribution >= 0.6 is 0 Å². The summed E-state index contributed by atoms with van der Waals surface area (Å²) in [6, 6.07) is 19.9. The average molecular weight is 565 g/mol. The summed E-state index contributed by atoms with van der Waals surface area (Å²) in [7, 11) is 1.77. The van der Waals surface area contributed by atoms with E-state index >= 15 is 0 Å². The van der Waals surface area contributed by atoms with Crippen LogP contribution in [0.15, 0.2) is 83.7 Å². The molecule has 1 unspecified atom stereocenters. The summed E-state index contributed by atoms with van der Waals surface area (Å²) in [6.07, 6.45) is -9.91. The second kappa shape index (κ2) is 12.1. The van der Waals surface area contributed by atoms with Crippen molar-refractivity contribution in [1.82, 2.24) is 20.1 Å². The van der Waals surface area contributed by atoms with E-state index in [-0.39, 0.29) is 30.7 Å². The number of hydrogen-bond acceptors (Lipinski definition) is 4. The summed E-state index contributed by atoms with van der Waals surface area (Å²) < 4.78 is 85.8. The summed E-state index contributed by atoms with van der Waals surface area (Å²) in [4.78, 5) is 16.0. The highest BCUT2D eigenvalue weighted by atomic mass is 19.4. The van der Waals surface area contributed by atoms with Crippen molar-refractivity contribution in [3.05, 3.63) is 123 Å². The van der Waals surface area contributed by atoms with Gasteiger partial charge >= 0.3 is 18.0 Å². The maximum Gasteiger partial charge on any atom is 0.416 e. The summed E-state index contributed by atoms with van der Waals surface area (Å²) >= 11 is 0. The van der Waals surface area contributed by atoms with E-state index in [1.165, 1.54) is 0 Å². The van der Waals surface area contributed by atoms with Crippen LogP contribution in [0.1, 0.15) is 39.6 Å². The number of ether oxygens (including phenoxy) is 1. The van der Waals surface area contributed by atoms with Gasteiger partial charge in [0.25, 0.3) is 0 Å². The first-order chi connectivity index (χ1) is 18.9. The van der Waals surface area contributed by atoms with Crippen LogP contribution in [0.2, 0.25) is 0 Å². The molecular weight excluding hydrogens is 538 g/mol. The highest BCUT2D eigenvalue weighted by Gasteiger charge is 2.37. The second-order valence-corrected chi connectivity index (χ2v) is 9.34. The number of nitrogens with one attached hydrogen (secondary N) is 2. The van der Waals surface area contributed by atoms with Gasteiger partial charge < -0.3 is 4.74 Å². The van der Waals surface area contributed by atoms with Crippen LogP contribution in [-0.4, -0.2) is 39.8 Å². The summed E-state index contributed by atoms with van der Waals surface area (Å²) in [5, 5.41) is 6.25. The van der Waals surface area contributed by atoms with E-state index in [4.69, 9.17) is 4.74 Å². The predicted octanol–water partition coefficient (Wildman–Crippen LogP) is 5.98. The molecule has 3 aromatic carbocycles. The van der Waals surface area contributed by atoms with E-state index in [0.717, 1.165) is 11.1 Å². The van der Waals surface area contributed by atoms with Gasteiger partial charge in [0.15, 0.2) is 0 Å². The number of aromatic amines is 2. The Labute approximate surface area is 225 Å². The van der Waals surface area contributed by atoms with E-state index in [2.05, 4.69) is 15.2 Å². The van der Waals surface area contributed by atoms with Crippen LogP contribution in [0, 0.1) is 0 Å². The van der Waals surface area contributed by atoms with Crippen molar-refractivity contribution in [2.75, 3.05) is 13.7 Å². The van der Waals surface area contributed by atoms with Crippen LogP contribution in [0.4, 0.5) is 26.3 Å². The van der Waals surface area contributed by atoms with Gasteiger partial charge in [0.05, 0.1) is 30.9 Å². The van der Waals surface area contributed by atoms with Crippen molar-refractivity contribution in [2.45, 2.75) is 37.5 Å². The van der Waals surface area contributed by atoms with E-state index in [1.54, 1.807) is 7.05 Å². The minimum Gasteiger partial charge on any atom is -0.375 e. The Kier molecular flexibility index (Phi) is 8.79. The molecule has 0 bridgehead atoms. The van der Waals surface area contributed by atoms with Gasteiger partial charge in [-0.2, -0.15) is 31.4 Å².